The van der Waals surface area contributed by atoms with Crippen molar-refractivity contribution in [3.8, 4) is 0 Å². The highest BCUT2D eigenvalue weighted by Gasteiger charge is 2.47. The summed E-state index contributed by atoms with van der Waals surface area (Å²) in [6, 6.07) is 6.97. The number of fused-ring (bicyclic) bond motifs is 2. The van der Waals surface area contributed by atoms with Gasteiger partial charge in [-0.2, -0.15) is 4.31 Å². The second kappa shape index (κ2) is 6.46. The maximum Gasteiger partial charge on any atom is 0.243 e. The molecule has 0 unspecified atom stereocenters. The van der Waals surface area contributed by atoms with Crippen LogP contribution in [0.15, 0.2) is 29.2 Å². The summed E-state index contributed by atoms with van der Waals surface area (Å²) in [5.41, 5.74) is 0.904. The van der Waals surface area contributed by atoms with E-state index in [1.54, 1.807) is 18.2 Å². The summed E-state index contributed by atoms with van der Waals surface area (Å²) in [5.74, 6) is -0.331. The normalized spacial score (nSPS) is 27.4. The molecule has 0 radical (unpaired) electrons. The van der Waals surface area contributed by atoms with Gasteiger partial charge in [0.1, 0.15) is 0 Å². The average Bonchev–Trinajstić information content (AvgIpc) is 2.80. The highest BCUT2D eigenvalue weighted by atomic mass is 32.2. The molecule has 1 amide bonds. The first-order valence-electron chi connectivity index (χ1n) is 8.30. The van der Waals surface area contributed by atoms with Crippen LogP contribution in [-0.2, 0) is 19.6 Å². The number of aryl methyl sites for hydroxylation is 1. The molecule has 24 heavy (non-hydrogen) atoms. The molecule has 1 aromatic carbocycles. The van der Waals surface area contributed by atoms with Crippen molar-refractivity contribution in [2.24, 2.45) is 5.92 Å². The Balaban J connectivity index is 1.78. The van der Waals surface area contributed by atoms with E-state index in [4.69, 9.17) is 4.74 Å². The van der Waals surface area contributed by atoms with Crippen molar-refractivity contribution in [1.82, 2.24) is 9.62 Å². The lowest BCUT2D eigenvalue weighted by Gasteiger charge is -2.32. The number of carbonyl (C=O) groups excluding carboxylic acids is 1. The number of hydrogen-bond donors (Lipinski definition) is 1. The zero-order chi connectivity index (χ0) is 17.5. The van der Waals surface area contributed by atoms with Gasteiger partial charge in [-0.3, -0.25) is 4.79 Å². The lowest BCUT2D eigenvalue weighted by molar-refractivity contribution is -0.127. The summed E-state index contributed by atoms with van der Waals surface area (Å²) < 4.78 is 33.1. The molecule has 0 saturated carbocycles. The first-order valence-corrected chi connectivity index (χ1v) is 9.74. The van der Waals surface area contributed by atoms with Crippen LogP contribution in [-0.4, -0.2) is 50.0 Å². The average molecular weight is 352 g/mol. The number of sulfonamides is 1. The van der Waals surface area contributed by atoms with Crippen molar-refractivity contribution < 1.29 is 17.9 Å². The molecular formula is C17H24N2O4S. The van der Waals surface area contributed by atoms with Gasteiger partial charge in [0.2, 0.25) is 15.9 Å². The van der Waals surface area contributed by atoms with E-state index in [0.29, 0.717) is 17.9 Å². The van der Waals surface area contributed by atoms with E-state index in [1.807, 2.05) is 26.8 Å². The third kappa shape index (κ3) is 3.34. The van der Waals surface area contributed by atoms with Crippen LogP contribution >= 0.6 is 0 Å². The van der Waals surface area contributed by atoms with Crippen molar-refractivity contribution in [3.05, 3.63) is 29.8 Å². The zero-order valence-corrected chi connectivity index (χ0v) is 15.0. The third-order valence-electron chi connectivity index (χ3n) is 4.52. The topological polar surface area (TPSA) is 75.7 Å². The summed E-state index contributed by atoms with van der Waals surface area (Å²) in [6.45, 7) is 6.22. The van der Waals surface area contributed by atoms with Gasteiger partial charge >= 0.3 is 0 Å². The molecule has 0 aromatic heterocycles. The highest BCUT2D eigenvalue weighted by Crippen LogP contribution is 2.34. The Morgan fingerprint density at radius 1 is 1.33 bits per heavy atom. The van der Waals surface area contributed by atoms with Gasteiger partial charge in [-0.05, 0) is 44.9 Å². The zero-order valence-electron chi connectivity index (χ0n) is 14.2. The fourth-order valence-corrected chi connectivity index (χ4v) is 5.00. The Bertz CT molecular complexity index is 732. The molecule has 2 saturated heterocycles. The number of amides is 1. The largest absolute Gasteiger partial charge is 0.371 e. The molecule has 2 aliphatic rings. The standard InChI is InChI=1S/C17H24N2O4S/c1-11(2)18-17(20)15-8-13-9-19(10-16(15)23-13)24(21,22)14-6-4-5-12(3)7-14/h4-7,11,13,15-16H,8-10H2,1-3H3,(H,18,20)/t13-,15+,16-/m1/s1. The molecule has 3 rings (SSSR count). The minimum Gasteiger partial charge on any atom is -0.371 e. The number of nitrogens with zero attached hydrogens (tertiary/aromatic N) is 1. The molecule has 2 fully saturated rings. The Morgan fingerprint density at radius 2 is 2.08 bits per heavy atom. The molecule has 6 nitrogen and oxygen atoms in total. The van der Waals surface area contributed by atoms with Gasteiger partial charge in [0.25, 0.3) is 0 Å². The molecule has 3 atom stereocenters. The number of ether oxygens (including phenoxy) is 1. The van der Waals surface area contributed by atoms with Crippen LogP contribution in [0.2, 0.25) is 0 Å². The number of hydrogen-bond acceptors (Lipinski definition) is 4. The minimum atomic E-state index is -3.56. The Labute approximate surface area is 143 Å². The van der Waals surface area contributed by atoms with Crippen LogP contribution in [0.1, 0.15) is 25.8 Å². The van der Waals surface area contributed by atoms with E-state index in [-0.39, 0.29) is 36.6 Å². The molecule has 1 N–H and O–H groups in total. The fourth-order valence-electron chi connectivity index (χ4n) is 3.41. The monoisotopic (exact) mass is 352 g/mol. The lowest BCUT2D eigenvalue weighted by Crippen LogP contribution is -2.48. The summed E-state index contributed by atoms with van der Waals surface area (Å²) in [5, 5.41) is 2.90. The second-order valence-electron chi connectivity index (χ2n) is 6.94. The molecular weight excluding hydrogens is 328 g/mol. The van der Waals surface area contributed by atoms with Crippen molar-refractivity contribution in [2.75, 3.05) is 13.1 Å². The van der Waals surface area contributed by atoms with Gasteiger partial charge in [0, 0.05) is 19.1 Å². The van der Waals surface area contributed by atoms with E-state index in [0.717, 1.165) is 5.56 Å². The van der Waals surface area contributed by atoms with Gasteiger partial charge in [-0.15, -0.1) is 0 Å². The quantitative estimate of drug-likeness (QED) is 0.886. The maximum absolute atomic E-state index is 12.9. The Hall–Kier alpha value is -1.44. The third-order valence-corrected chi connectivity index (χ3v) is 6.35. The molecule has 1 aromatic rings. The molecule has 0 spiro atoms. The van der Waals surface area contributed by atoms with Crippen molar-refractivity contribution in [1.29, 1.82) is 0 Å². The first-order chi connectivity index (χ1) is 11.3. The number of carbonyl (C=O) groups is 1. The van der Waals surface area contributed by atoms with E-state index in [1.165, 1.54) is 4.31 Å². The fraction of sp³-hybridized carbons (Fsp3) is 0.588. The SMILES string of the molecule is Cc1cccc(S(=O)(=O)N2C[C@H]3C[C@H](C(=O)NC(C)C)[C@@H](C2)O3)c1. The molecule has 2 bridgehead atoms. The Kier molecular flexibility index (Phi) is 4.68. The number of morpholine rings is 1. The van der Waals surface area contributed by atoms with Crippen molar-refractivity contribution >= 4 is 15.9 Å². The molecule has 7 heteroatoms. The molecule has 2 aliphatic heterocycles. The molecule has 2 heterocycles. The second-order valence-corrected chi connectivity index (χ2v) is 8.88. The summed E-state index contributed by atoms with van der Waals surface area (Å²) >= 11 is 0. The molecule has 0 aliphatic carbocycles. The number of benzene rings is 1. The minimum absolute atomic E-state index is 0.0488. The number of rotatable bonds is 4. The van der Waals surface area contributed by atoms with Crippen molar-refractivity contribution in [2.45, 2.75) is 50.3 Å². The van der Waals surface area contributed by atoms with Crippen LogP contribution < -0.4 is 5.32 Å². The predicted octanol–water partition coefficient (Wildman–Crippen LogP) is 1.30. The smallest absolute Gasteiger partial charge is 0.243 e. The highest BCUT2D eigenvalue weighted by molar-refractivity contribution is 7.89. The summed E-state index contributed by atoms with van der Waals surface area (Å²) in [6.07, 6.45) is -0.0170. The summed E-state index contributed by atoms with van der Waals surface area (Å²) in [7, 11) is -3.56. The predicted molar refractivity (Wildman–Crippen MR) is 90.0 cm³/mol. The van der Waals surface area contributed by atoms with Crippen LogP contribution in [0.3, 0.4) is 0 Å². The van der Waals surface area contributed by atoms with E-state index in [9.17, 15) is 13.2 Å². The van der Waals surface area contributed by atoms with Gasteiger partial charge in [-0.25, -0.2) is 8.42 Å². The van der Waals surface area contributed by atoms with Crippen LogP contribution in [0.25, 0.3) is 0 Å². The lowest BCUT2D eigenvalue weighted by atomic mass is 9.99. The van der Waals surface area contributed by atoms with E-state index in [2.05, 4.69) is 5.32 Å². The summed E-state index contributed by atoms with van der Waals surface area (Å²) in [4.78, 5) is 12.6. The van der Waals surface area contributed by atoms with Crippen molar-refractivity contribution in [3.63, 3.8) is 0 Å². The maximum atomic E-state index is 12.9. The Morgan fingerprint density at radius 3 is 2.75 bits per heavy atom. The first kappa shape index (κ1) is 17.4. The van der Waals surface area contributed by atoms with Crippen LogP contribution in [0.5, 0.6) is 0 Å². The van der Waals surface area contributed by atoms with Crippen LogP contribution in [0.4, 0.5) is 0 Å². The van der Waals surface area contributed by atoms with Gasteiger partial charge in [0.15, 0.2) is 0 Å². The van der Waals surface area contributed by atoms with Gasteiger partial charge < -0.3 is 10.1 Å². The van der Waals surface area contributed by atoms with E-state index >= 15 is 0 Å². The molecule has 132 valence electrons. The van der Waals surface area contributed by atoms with Crippen LogP contribution in [0, 0.1) is 12.8 Å². The number of nitrogens with one attached hydrogen (secondary N) is 1. The van der Waals surface area contributed by atoms with Gasteiger partial charge in [-0.1, -0.05) is 12.1 Å². The van der Waals surface area contributed by atoms with E-state index < -0.39 is 10.0 Å². The van der Waals surface area contributed by atoms with Gasteiger partial charge in [0.05, 0.1) is 23.0 Å².